The van der Waals surface area contributed by atoms with Crippen LogP contribution in [0.3, 0.4) is 0 Å². The Morgan fingerprint density at radius 3 is 2.14 bits per heavy atom. The number of carbonyl (C=O) groups excluding carboxylic acids is 2. The summed E-state index contributed by atoms with van der Waals surface area (Å²) in [6.07, 6.45) is 0. The van der Waals surface area contributed by atoms with Gasteiger partial charge in [-0.15, -0.1) is 0 Å². The minimum atomic E-state index is -0.500. The molecule has 0 atom stereocenters. The van der Waals surface area contributed by atoms with E-state index in [0.717, 1.165) is 5.56 Å². The number of nitrogens with one attached hydrogen (secondary N) is 2. The Balaban J connectivity index is 2.01. The van der Waals surface area contributed by atoms with Crippen LogP contribution in [0.5, 0.6) is 0 Å². The van der Waals surface area contributed by atoms with E-state index < -0.39 is 11.7 Å². The van der Waals surface area contributed by atoms with Gasteiger partial charge in [0.1, 0.15) is 0 Å². The molecule has 0 bridgehead atoms. The van der Waals surface area contributed by atoms with E-state index in [1.165, 1.54) is 6.92 Å². The summed E-state index contributed by atoms with van der Waals surface area (Å²) in [6, 6.07) is 18.6. The van der Waals surface area contributed by atoms with Crippen LogP contribution in [0, 0.1) is 0 Å². The number of amides is 1. The van der Waals surface area contributed by atoms with Gasteiger partial charge in [-0.25, -0.2) is 0 Å². The zero-order valence-corrected chi connectivity index (χ0v) is 12.2. The molecule has 22 heavy (non-hydrogen) atoms. The zero-order valence-electron chi connectivity index (χ0n) is 12.2. The first-order valence-corrected chi connectivity index (χ1v) is 6.88. The molecule has 0 aromatic heterocycles. The van der Waals surface area contributed by atoms with Crippen molar-refractivity contribution in [1.82, 2.24) is 5.32 Å². The second-order valence-electron chi connectivity index (χ2n) is 4.66. The number of benzene rings is 2. The topological polar surface area (TPSA) is 70.6 Å². The summed E-state index contributed by atoms with van der Waals surface area (Å²) in [6.45, 7) is 1.66. The lowest BCUT2D eigenvalue weighted by Crippen LogP contribution is -2.35. The molecule has 0 heterocycles. The number of ketones is 1. The highest BCUT2D eigenvalue weighted by atomic mass is 16.2. The predicted octanol–water partition coefficient (Wildman–Crippen LogP) is 2.36. The van der Waals surface area contributed by atoms with Crippen LogP contribution < -0.4 is 10.7 Å². The fourth-order valence-corrected chi connectivity index (χ4v) is 1.78. The van der Waals surface area contributed by atoms with Gasteiger partial charge in [-0.05, 0) is 17.7 Å². The lowest BCUT2D eigenvalue weighted by atomic mass is 10.2. The smallest absolute Gasteiger partial charge is 0.275 e. The number of Topliss-reactive ketones (excluding diaryl/α,β-unsaturated/α-hetero) is 1. The van der Waals surface area contributed by atoms with E-state index >= 15 is 0 Å². The van der Waals surface area contributed by atoms with Gasteiger partial charge in [0.05, 0.1) is 5.69 Å². The molecule has 0 saturated heterocycles. The van der Waals surface area contributed by atoms with Crippen molar-refractivity contribution in [1.29, 1.82) is 0 Å². The van der Waals surface area contributed by atoms with Crippen molar-refractivity contribution >= 4 is 23.1 Å². The van der Waals surface area contributed by atoms with Gasteiger partial charge in [0.15, 0.2) is 11.5 Å². The summed E-state index contributed by atoms with van der Waals surface area (Å²) in [5.41, 5.74) is 4.22. The van der Waals surface area contributed by atoms with Crippen molar-refractivity contribution in [2.45, 2.75) is 13.5 Å². The molecule has 0 fully saturated rings. The molecule has 0 spiro atoms. The largest absolute Gasteiger partial charge is 0.346 e. The van der Waals surface area contributed by atoms with Crippen LogP contribution in [-0.2, 0) is 16.1 Å². The van der Waals surface area contributed by atoms with Crippen LogP contribution in [-0.4, -0.2) is 17.4 Å². The molecule has 2 rings (SSSR count). The summed E-state index contributed by atoms with van der Waals surface area (Å²) in [5, 5.41) is 6.60. The first-order chi connectivity index (χ1) is 10.7. The van der Waals surface area contributed by atoms with Gasteiger partial charge < -0.3 is 5.32 Å². The molecule has 0 radical (unpaired) electrons. The van der Waals surface area contributed by atoms with Crippen LogP contribution in [0.1, 0.15) is 12.5 Å². The molecule has 1 amide bonds. The van der Waals surface area contributed by atoms with Gasteiger partial charge in [0, 0.05) is 13.5 Å². The second kappa shape index (κ2) is 7.73. The number of carbonyl (C=O) groups is 2. The SMILES string of the molecule is CC(=O)C(=NNc1ccccc1)C(=O)NCc1ccccc1. The molecule has 2 N–H and O–H groups in total. The Morgan fingerprint density at radius 1 is 0.955 bits per heavy atom. The lowest BCUT2D eigenvalue weighted by molar-refractivity contribution is -0.117. The molecular formula is C17H17N3O2. The van der Waals surface area contributed by atoms with Crippen molar-refractivity contribution in [3.63, 3.8) is 0 Å². The normalized spacial score (nSPS) is 10.9. The van der Waals surface area contributed by atoms with Crippen LogP contribution >= 0.6 is 0 Å². The molecule has 0 unspecified atom stereocenters. The average molecular weight is 295 g/mol. The van der Waals surface area contributed by atoms with Gasteiger partial charge in [-0.1, -0.05) is 48.5 Å². The Bertz CT molecular complexity index is 667. The molecule has 5 heteroatoms. The Kier molecular flexibility index (Phi) is 5.43. The van der Waals surface area contributed by atoms with E-state index in [9.17, 15) is 9.59 Å². The van der Waals surface area contributed by atoms with Crippen molar-refractivity contribution < 1.29 is 9.59 Å². The van der Waals surface area contributed by atoms with E-state index in [2.05, 4.69) is 15.8 Å². The molecule has 112 valence electrons. The first kappa shape index (κ1) is 15.4. The standard InChI is InChI=1S/C17H17N3O2/c1-13(21)16(20-19-15-10-6-3-7-11-15)17(22)18-12-14-8-4-2-5-9-14/h2-11,19H,12H2,1H3,(H,18,22). The second-order valence-corrected chi connectivity index (χ2v) is 4.66. The molecule has 5 nitrogen and oxygen atoms in total. The molecule has 0 aliphatic rings. The molecule has 2 aromatic rings. The average Bonchev–Trinajstić information content (AvgIpc) is 2.55. The van der Waals surface area contributed by atoms with E-state index in [1.54, 1.807) is 12.1 Å². The maximum Gasteiger partial charge on any atom is 0.275 e. The van der Waals surface area contributed by atoms with E-state index in [4.69, 9.17) is 0 Å². The molecule has 2 aromatic carbocycles. The Labute approximate surface area is 129 Å². The fraction of sp³-hybridized carbons (Fsp3) is 0.118. The number of nitrogens with zero attached hydrogens (tertiary/aromatic N) is 1. The molecular weight excluding hydrogens is 278 g/mol. The van der Waals surface area contributed by atoms with Crippen molar-refractivity contribution in [2.75, 3.05) is 5.43 Å². The van der Waals surface area contributed by atoms with E-state index in [1.807, 2.05) is 48.5 Å². The highest BCUT2D eigenvalue weighted by Gasteiger charge is 2.16. The maximum atomic E-state index is 12.1. The monoisotopic (exact) mass is 295 g/mol. The third kappa shape index (κ3) is 4.56. The number of para-hydroxylation sites is 1. The quantitative estimate of drug-likeness (QED) is 0.488. The third-order valence-corrected chi connectivity index (χ3v) is 2.92. The van der Waals surface area contributed by atoms with Crippen LogP contribution in [0.2, 0.25) is 0 Å². The van der Waals surface area contributed by atoms with Crippen LogP contribution in [0.15, 0.2) is 65.8 Å². The summed E-state index contributed by atoms with van der Waals surface area (Å²) >= 11 is 0. The van der Waals surface area contributed by atoms with Crippen LogP contribution in [0.25, 0.3) is 0 Å². The maximum absolute atomic E-state index is 12.1. The summed E-state index contributed by atoms with van der Waals surface area (Å²) in [7, 11) is 0. The Morgan fingerprint density at radius 2 is 1.55 bits per heavy atom. The minimum absolute atomic E-state index is 0.153. The number of hydrogen-bond acceptors (Lipinski definition) is 4. The highest BCUT2D eigenvalue weighted by Crippen LogP contribution is 2.04. The first-order valence-electron chi connectivity index (χ1n) is 6.88. The van der Waals surface area contributed by atoms with Crippen molar-refractivity contribution in [3.05, 3.63) is 66.2 Å². The Hall–Kier alpha value is -2.95. The van der Waals surface area contributed by atoms with Gasteiger partial charge >= 0.3 is 0 Å². The van der Waals surface area contributed by atoms with Gasteiger partial charge in [-0.2, -0.15) is 5.10 Å². The number of hydrogen-bond donors (Lipinski definition) is 2. The van der Waals surface area contributed by atoms with Gasteiger partial charge in [0.2, 0.25) is 0 Å². The molecule has 0 saturated carbocycles. The number of rotatable bonds is 6. The number of hydrazone groups is 1. The summed E-state index contributed by atoms with van der Waals surface area (Å²) in [5.74, 6) is -0.895. The molecule has 0 aliphatic heterocycles. The highest BCUT2D eigenvalue weighted by molar-refractivity contribution is 6.65. The van der Waals surface area contributed by atoms with Crippen LogP contribution in [0.4, 0.5) is 5.69 Å². The minimum Gasteiger partial charge on any atom is -0.346 e. The van der Waals surface area contributed by atoms with Crippen molar-refractivity contribution in [3.8, 4) is 0 Å². The summed E-state index contributed by atoms with van der Waals surface area (Å²) in [4.78, 5) is 23.7. The fourth-order valence-electron chi connectivity index (χ4n) is 1.78. The van der Waals surface area contributed by atoms with Gasteiger partial charge in [-0.3, -0.25) is 15.0 Å². The van der Waals surface area contributed by atoms with Crippen molar-refractivity contribution in [2.24, 2.45) is 5.10 Å². The van der Waals surface area contributed by atoms with E-state index in [0.29, 0.717) is 12.2 Å². The third-order valence-electron chi connectivity index (χ3n) is 2.92. The van der Waals surface area contributed by atoms with E-state index in [-0.39, 0.29) is 5.71 Å². The zero-order chi connectivity index (χ0) is 15.8. The van der Waals surface area contributed by atoms with Gasteiger partial charge in [0.25, 0.3) is 5.91 Å². The lowest BCUT2D eigenvalue weighted by Gasteiger charge is -2.07. The molecule has 0 aliphatic carbocycles. The number of anilines is 1. The predicted molar refractivity (Wildman–Crippen MR) is 86.5 cm³/mol. The summed E-state index contributed by atoms with van der Waals surface area (Å²) < 4.78 is 0.